The van der Waals surface area contributed by atoms with E-state index in [1.165, 1.54) is 25.3 Å². The van der Waals surface area contributed by atoms with Crippen molar-refractivity contribution in [2.75, 3.05) is 6.61 Å². The van der Waals surface area contributed by atoms with E-state index in [1.54, 1.807) is 0 Å². The van der Waals surface area contributed by atoms with Gasteiger partial charge in [0, 0.05) is 6.61 Å². The van der Waals surface area contributed by atoms with Crippen LogP contribution in [0.15, 0.2) is 12.2 Å². The molecule has 1 nitrogen and oxygen atoms in total. The van der Waals surface area contributed by atoms with Crippen LogP contribution in [0.25, 0.3) is 0 Å². The summed E-state index contributed by atoms with van der Waals surface area (Å²) in [5, 5.41) is 0. The van der Waals surface area contributed by atoms with Gasteiger partial charge in [0.2, 0.25) is 0 Å². The smallest absolute Gasteiger partial charge is 0.186 e. The molecule has 0 saturated heterocycles. The number of hydrogen-bond acceptors (Lipinski definition) is 1. The van der Waals surface area contributed by atoms with Gasteiger partial charge in [0.25, 0.3) is 0 Å². The second kappa shape index (κ2) is 5.85. The molecular weight excluding hydrogens is 200 g/mol. The van der Waals surface area contributed by atoms with Crippen LogP contribution >= 0.6 is 0 Å². The third-order valence-corrected chi connectivity index (χ3v) is 5.78. The molecule has 0 aromatic carbocycles. The first-order valence-electron chi connectivity index (χ1n) is 6.30. The Labute approximate surface area is 96.0 Å². The summed E-state index contributed by atoms with van der Waals surface area (Å²) in [6, 6.07) is 1.29. The third kappa shape index (κ3) is 5.52. The van der Waals surface area contributed by atoms with E-state index in [0.717, 1.165) is 18.4 Å². The Hall–Kier alpha value is -0.0831. The lowest BCUT2D eigenvalue weighted by molar-refractivity contribution is 0.278. The quantitative estimate of drug-likeness (QED) is 0.487. The predicted octanol–water partition coefficient (Wildman–Crippen LogP) is 4.22. The molecule has 0 bridgehead atoms. The molecular formula is C13H26OSi. The molecule has 1 atom stereocenters. The van der Waals surface area contributed by atoms with E-state index in [0.29, 0.717) is 0 Å². The van der Waals surface area contributed by atoms with Gasteiger partial charge in [-0.2, -0.15) is 0 Å². The van der Waals surface area contributed by atoms with Crippen molar-refractivity contribution in [3.8, 4) is 0 Å². The van der Waals surface area contributed by atoms with Gasteiger partial charge in [-0.3, -0.25) is 0 Å². The maximum absolute atomic E-state index is 6.11. The molecule has 0 aliphatic heterocycles. The van der Waals surface area contributed by atoms with E-state index in [4.69, 9.17) is 4.43 Å². The topological polar surface area (TPSA) is 9.23 Å². The van der Waals surface area contributed by atoms with Gasteiger partial charge in [0.15, 0.2) is 8.32 Å². The molecule has 0 saturated carbocycles. The van der Waals surface area contributed by atoms with Crippen molar-refractivity contribution in [3.63, 3.8) is 0 Å². The van der Waals surface area contributed by atoms with Gasteiger partial charge in [-0.15, -0.1) is 0 Å². The first-order valence-corrected chi connectivity index (χ1v) is 9.42. The van der Waals surface area contributed by atoms with Crippen molar-refractivity contribution < 1.29 is 4.43 Å². The van der Waals surface area contributed by atoms with E-state index in [1.807, 2.05) is 0 Å². The van der Waals surface area contributed by atoms with Crippen LogP contribution in [0.1, 0.15) is 33.1 Å². The maximum atomic E-state index is 6.11. The van der Waals surface area contributed by atoms with Crippen LogP contribution in [0.3, 0.4) is 0 Å². The lowest BCUT2D eigenvalue weighted by Crippen LogP contribution is -2.32. The van der Waals surface area contributed by atoms with Crippen LogP contribution in [-0.4, -0.2) is 14.9 Å². The Kier molecular flexibility index (Phi) is 5.07. The molecule has 0 aromatic rings. The van der Waals surface area contributed by atoms with Crippen molar-refractivity contribution in [2.45, 2.75) is 52.2 Å². The number of hydrogen-bond donors (Lipinski definition) is 0. The Morgan fingerprint density at radius 3 is 2.67 bits per heavy atom. The Morgan fingerprint density at radius 2 is 2.13 bits per heavy atom. The molecule has 0 spiro atoms. The summed E-state index contributed by atoms with van der Waals surface area (Å²) in [6.45, 7) is 10.2. The molecule has 0 fully saturated rings. The highest BCUT2D eigenvalue weighted by molar-refractivity contribution is 6.71. The van der Waals surface area contributed by atoms with Crippen LogP contribution in [0.5, 0.6) is 0 Å². The summed E-state index contributed by atoms with van der Waals surface area (Å²) >= 11 is 0. The lowest BCUT2D eigenvalue weighted by Gasteiger charge is -2.25. The highest BCUT2D eigenvalue weighted by Crippen LogP contribution is 2.22. The second-order valence-corrected chi connectivity index (χ2v) is 9.98. The minimum atomic E-state index is -1.36. The molecule has 1 aliphatic carbocycles. The van der Waals surface area contributed by atoms with Crippen LogP contribution in [-0.2, 0) is 4.43 Å². The zero-order valence-corrected chi connectivity index (χ0v) is 11.8. The maximum Gasteiger partial charge on any atom is 0.186 e. The highest BCUT2D eigenvalue weighted by atomic mass is 28.4. The van der Waals surface area contributed by atoms with E-state index in [2.05, 4.69) is 39.1 Å². The largest absolute Gasteiger partial charge is 0.417 e. The van der Waals surface area contributed by atoms with E-state index in [-0.39, 0.29) is 0 Å². The summed E-state index contributed by atoms with van der Waals surface area (Å²) in [6.07, 6.45) is 8.51. The minimum Gasteiger partial charge on any atom is -0.417 e. The monoisotopic (exact) mass is 226 g/mol. The molecule has 0 radical (unpaired) electrons. The summed E-state index contributed by atoms with van der Waals surface area (Å²) in [5.41, 5.74) is 0. The predicted molar refractivity (Wildman–Crippen MR) is 69.6 cm³/mol. The zero-order valence-electron chi connectivity index (χ0n) is 10.8. The highest BCUT2D eigenvalue weighted by Gasteiger charge is 2.23. The molecule has 15 heavy (non-hydrogen) atoms. The SMILES string of the molecule is CC(C)C[Si](C)(C)OCC[C@H]1C=CCC1. The zero-order chi connectivity index (χ0) is 11.3. The van der Waals surface area contributed by atoms with Gasteiger partial charge < -0.3 is 4.43 Å². The number of rotatable bonds is 6. The van der Waals surface area contributed by atoms with Crippen molar-refractivity contribution >= 4 is 8.32 Å². The van der Waals surface area contributed by atoms with Crippen LogP contribution in [0, 0.1) is 11.8 Å². The molecule has 2 heteroatoms. The molecule has 0 aromatic heterocycles. The standard InChI is InChI=1S/C13H26OSi/c1-12(2)11-15(3,4)14-10-9-13-7-5-6-8-13/h5,7,12-13H,6,8-11H2,1-4H3/t13-/m0/s1. The first kappa shape index (κ1) is 13.0. The first-order chi connectivity index (χ1) is 6.99. The normalized spacial score (nSPS) is 21.5. The van der Waals surface area contributed by atoms with Gasteiger partial charge in [0.05, 0.1) is 0 Å². The molecule has 0 amide bonds. The number of allylic oxidation sites excluding steroid dienone is 2. The second-order valence-electron chi connectivity index (χ2n) is 5.76. The summed E-state index contributed by atoms with van der Waals surface area (Å²) in [5.74, 6) is 1.58. The van der Waals surface area contributed by atoms with Crippen LogP contribution in [0.4, 0.5) is 0 Å². The Morgan fingerprint density at radius 1 is 1.40 bits per heavy atom. The molecule has 0 heterocycles. The lowest BCUT2D eigenvalue weighted by atomic mass is 10.1. The van der Waals surface area contributed by atoms with E-state index < -0.39 is 8.32 Å². The van der Waals surface area contributed by atoms with Gasteiger partial charge in [-0.05, 0) is 50.2 Å². The van der Waals surface area contributed by atoms with E-state index >= 15 is 0 Å². The average molecular weight is 226 g/mol. The van der Waals surface area contributed by atoms with Crippen molar-refractivity contribution in [1.29, 1.82) is 0 Å². The molecule has 0 N–H and O–H groups in total. The van der Waals surface area contributed by atoms with Crippen LogP contribution in [0.2, 0.25) is 19.1 Å². The van der Waals surface area contributed by atoms with Gasteiger partial charge in [0.1, 0.15) is 0 Å². The average Bonchev–Trinajstić information content (AvgIpc) is 2.53. The van der Waals surface area contributed by atoms with Crippen molar-refractivity contribution in [1.82, 2.24) is 0 Å². The van der Waals surface area contributed by atoms with Gasteiger partial charge in [-0.25, -0.2) is 0 Å². The molecule has 88 valence electrons. The summed E-state index contributed by atoms with van der Waals surface area (Å²) < 4.78 is 6.11. The Bertz CT molecular complexity index is 209. The molecule has 1 rings (SSSR count). The Balaban J connectivity index is 2.14. The molecule has 0 unspecified atom stereocenters. The summed E-state index contributed by atoms with van der Waals surface area (Å²) in [4.78, 5) is 0. The summed E-state index contributed by atoms with van der Waals surface area (Å²) in [7, 11) is -1.36. The molecule has 1 aliphatic rings. The van der Waals surface area contributed by atoms with Gasteiger partial charge in [-0.1, -0.05) is 26.0 Å². The van der Waals surface area contributed by atoms with Crippen LogP contribution < -0.4 is 0 Å². The fraction of sp³-hybridized carbons (Fsp3) is 0.846. The minimum absolute atomic E-state index is 0.776. The third-order valence-electron chi connectivity index (χ3n) is 2.99. The van der Waals surface area contributed by atoms with Gasteiger partial charge >= 0.3 is 0 Å². The van der Waals surface area contributed by atoms with E-state index in [9.17, 15) is 0 Å². The fourth-order valence-corrected chi connectivity index (χ4v) is 5.22. The van der Waals surface area contributed by atoms with Crippen molar-refractivity contribution in [2.24, 2.45) is 11.8 Å². The van der Waals surface area contributed by atoms with Crippen molar-refractivity contribution in [3.05, 3.63) is 12.2 Å². The fourth-order valence-electron chi connectivity index (χ4n) is 2.46.